The second-order valence-corrected chi connectivity index (χ2v) is 12.4. The molecule has 0 amide bonds. The molecule has 8 atom stereocenters. The first kappa shape index (κ1) is 29.9. The molecular weight excluding hydrogens is 512 g/mol. The summed E-state index contributed by atoms with van der Waals surface area (Å²) in [5.41, 5.74) is 0.216. The second kappa shape index (κ2) is 11.2. The number of benzene rings is 2. The zero-order valence-corrected chi connectivity index (χ0v) is 24.4. The third kappa shape index (κ3) is 5.96. The molecule has 6 rings (SSSR count). The smallest absolute Gasteiger partial charge is 0.190 e. The van der Waals surface area contributed by atoms with Gasteiger partial charge >= 0.3 is 0 Å². The number of rotatable bonds is 5. The van der Waals surface area contributed by atoms with Crippen LogP contribution in [-0.2, 0) is 39.8 Å². The maximum Gasteiger partial charge on any atom is 0.190 e. The van der Waals surface area contributed by atoms with Crippen molar-refractivity contribution in [2.24, 2.45) is 0 Å². The summed E-state index contributed by atoms with van der Waals surface area (Å²) in [4.78, 5) is 0. The number of aliphatic hydroxyl groups excluding tert-OH is 1. The van der Waals surface area contributed by atoms with Crippen LogP contribution < -0.4 is 0 Å². The lowest BCUT2D eigenvalue weighted by molar-refractivity contribution is -0.241. The highest BCUT2D eigenvalue weighted by atomic mass is 16.9. The highest BCUT2D eigenvalue weighted by Gasteiger charge is 2.60. The van der Waals surface area contributed by atoms with Crippen LogP contribution in [0.4, 0.5) is 0 Å². The van der Waals surface area contributed by atoms with E-state index in [1.165, 1.54) is 10.8 Å². The molecule has 0 spiro atoms. The summed E-state index contributed by atoms with van der Waals surface area (Å²) in [6, 6.07) is 14.8. The van der Waals surface area contributed by atoms with Crippen molar-refractivity contribution in [1.82, 2.24) is 0 Å². The molecule has 1 N–H and O–H groups in total. The predicted octanol–water partition coefficient (Wildman–Crippen LogP) is 6.31. The number of fused-ring (bicyclic) bond motifs is 3. The summed E-state index contributed by atoms with van der Waals surface area (Å²) in [5.74, 6) is -1.28. The van der Waals surface area contributed by atoms with E-state index in [9.17, 15) is 5.11 Å². The van der Waals surface area contributed by atoms with E-state index in [0.29, 0.717) is 6.61 Å². The van der Waals surface area contributed by atoms with Gasteiger partial charge in [0.05, 0.1) is 17.8 Å². The van der Waals surface area contributed by atoms with Crippen LogP contribution in [-0.4, -0.2) is 64.9 Å². The van der Waals surface area contributed by atoms with Gasteiger partial charge in [0.1, 0.15) is 24.4 Å². The van der Waals surface area contributed by atoms with E-state index in [0.717, 1.165) is 18.4 Å². The molecule has 4 saturated heterocycles. The third-order valence-electron chi connectivity index (χ3n) is 8.43. The molecule has 40 heavy (non-hydrogen) atoms. The summed E-state index contributed by atoms with van der Waals surface area (Å²) in [7, 11) is 0. The number of hydrogen-bond acceptors (Lipinski definition) is 8. The zero-order chi connectivity index (χ0) is 30.2. The lowest BCUT2D eigenvalue weighted by Gasteiger charge is -2.33. The van der Waals surface area contributed by atoms with E-state index >= 15 is 0 Å². The average molecular weight is 565 g/mol. The molecule has 0 aliphatic carbocycles. The first-order valence-corrected chi connectivity index (χ1v) is 14.1. The van der Waals surface area contributed by atoms with E-state index < -0.39 is 35.2 Å². The Hall–Kier alpha value is -1.62. The fourth-order valence-electron chi connectivity index (χ4n) is 5.84. The minimum Gasteiger partial charge on any atom is -0.387 e. The Morgan fingerprint density at radius 1 is 0.750 bits per heavy atom. The molecule has 226 valence electrons. The summed E-state index contributed by atoms with van der Waals surface area (Å²) < 4.78 is 51.2. The number of hydrogen-bond donors (Lipinski definition) is 1. The molecule has 4 fully saturated rings. The van der Waals surface area contributed by atoms with E-state index in [2.05, 4.69) is 56.3 Å². The molecule has 0 radical (unpaired) electrons. The monoisotopic (exact) mass is 564 g/mol. The molecule has 8 nitrogen and oxygen atoms in total. The van der Waals surface area contributed by atoms with Crippen LogP contribution in [0.1, 0.15) is 84.2 Å². The third-order valence-corrected chi connectivity index (χ3v) is 8.43. The highest BCUT2D eigenvalue weighted by Crippen LogP contribution is 2.45. The van der Waals surface area contributed by atoms with E-state index in [1.54, 1.807) is 0 Å². The van der Waals surface area contributed by atoms with Crippen molar-refractivity contribution in [1.29, 1.82) is 0 Å². The van der Waals surface area contributed by atoms with Crippen LogP contribution in [0, 0.1) is 0 Å². The topological polar surface area (TPSA) is 84.8 Å². The summed E-state index contributed by atoms with van der Waals surface area (Å²) in [6.07, 6.45) is -0.513. The van der Waals surface area contributed by atoms with Gasteiger partial charge in [-0.15, -0.1) is 0 Å². The Labute approximate surface area is 242 Å². The van der Waals surface area contributed by atoms with Crippen molar-refractivity contribution in [3.63, 3.8) is 0 Å². The molecule has 2 aromatic rings. The molecule has 4 aliphatic heterocycles. The molecule has 4 aliphatic rings. The minimum absolute atomic E-state index is 0. The van der Waals surface area contributed by atoms with Crippen LogP contribution in [0.5, 0.6) is 0 Å². The highest BCUT2D eigenvalue weighted by molar-refractivity contribution is 5.82. The molecule has 0 aromatic heterocycles. The molecular formula is C32H50O8. The number of aliphatic hydroxyl groups is 1. The first-order valence-electron chi connectivity index (χ1n) is 15.1. The SMILES string of the molecule is C.CC[C@@]1(C)O[C@@H]2OC(C)(C)O[C@@H]2[C@@H]1O.CC[C@@]1(C)O[C@@H]2OC(C)(C)O[C@@H]2[C@@H]1OCc1ccc2ccccc2c1.[2H][2H]. The van der Waals surface area contributed by atoms with Crippen molar-refractivity contribution in [2.45, 2.75) is 142 Å². The van der Waals surface area contributed by atoms with E-state index in [4.69, 9.17) is 36.1 Å². The summed E-state index contributed by atoms with van der Waals surface area (Å²) in [6.45, 7) is 16.1. The first-order chi connectivity index (χ1) is 19.3. The summed E-state index contributed by atoms with van der Waals surface area (Å²) >= 11 is 0. The van der Waals surface area contributed by atoms with Crippen molar-refractivity contribution in [3.8, 4) is 0 Å². The Kier molecular flexibility index (Phi) is 8.38. The van der Waals surface area contributed by atoms with Gasteiger partial charge in [-0.2, -0.15) is 0 Å². The van der Waals surface area contributed by atoms with Gasteiger partial charge in [0.15, 0.2) is 24.2 Å². The molecule has 0 unspecified atom stereocenters. The van der Waals surface area contributed by atoms with E-state index in [-0.39, 0.29) is 32.0 Å². The Morgan fingerprint density at radius 3 is 1.90 bits per heavy atom. The van der Waals surface area contributed by atoms with Crippen molar-refractivity contribution in [3.05, 3.63) is 48.0 Å². The maximum absolute atomic E-state index is 10.0. The fraction of sp³-hybridized carbons (Fsp3) is 0.688. The standard InChI is InChI=1S/C21H26O4.C10H18O4.CH4.H2/c1-5-21(4)18(17-19(25-21)24-20(2,3)23-17)22-13-14-10-11-15-8-6-7-9-16(15)12-14;1-5-10(4)7(11)6-8(14-10)13-9(2,3)12-6;;/h6-12,17-19H,5,13H2,1-4H3;6-8,11H,5H2,1-4H3;1H4;1H/t17-,18+,19+,21-;6-,7+,8+,10-;;/m11../s1/i;;;1+1D. The minimum atomic E-state index is -0.647. The van der Waals surface area contributed by atoms with Crippen LogP contribution in [0.25, 0.3) is 10.8 Å². The normalized spacial score (nSPS) is 39.0. The Morgan fingerprint density at radius 2 is 1.30 bits per heavy atom. The molecule has 0 saturated carbocycles. The predicted molar refractivity (Wildman–Crippen MR) is 155 cm³/mol. The molecule has 8 heteroatoms. The quantitative estimate of drug-likeness (QED) is 0.453. The lowest BCUT2D eigenvalue weighted by atomic mass is 9.94. The lowest BCUT2D eigenvalue weighted by Crippen LogP contribution is -2.44. The van der Waals surface area contributed by atoms with Gasteiger partial charge in [-0.1, -0.05) is 57.7 Å². The van der Waals surface area contributed by atoms with Crippen molar-refractivity contribution in [2.75, 3.05) is 0 Å². The van der Waals surface area contributed by atoms with Crippen LogP contribution in [0.3, 0.4) is 0 Å². The zero-order valence-electron chi connectivity index (χ0n) is 26.4. The van der Waals surface area contributed by atoms with E-state index in [1.807, 2.05) is 41.5 Å². The van der Waals surface area contributed by atoms with Gasteiger partial charge in [0.2, 0.25) is 0 Å². The average Bonchev–Trinajstić information content (AvgIpc) is 3.57. The van der Waals surface area contributed by atoms with Crippen LogP contribution in [0.15, 0.2) is 42.5 Å². The molecule has 0 bridgehead atoms. The maximum atomic E-state index is 10.0. The Balaban J connectivity index is 0.000000243. The van der Waals surface area contributed by atoms with Gasteiger partial charge in [-0.3, -0.25) is 0 Å². The molecule has 4 heterocycles. The van der Waals surface area contributed by atoms with Gasteiger partial charge in [-0.25, -0.2) is 0 Å². The van der Waals surface area contributed by atoms with Gasteiger partial charge < -0.3 is 38.3 Å². The van der Waals surface area contributed by atoms with Crippen molar-refractivity contribution < 1.29 is 41.2 Å². The van der Waals surface area contributed by atoms with Gasteiger partial charge in [-0.05, 0) is 76.8 Å². The largest absolute Gasteiger partial charge is 0.387 e. The Bertz CT molecular complexity index is 1180. The number of ether oxygens (including phenoxy) is 7. The van der Waals surface area contributed by atoms with Crippen molar-refractivity contribution >= 4 is 10.8 Å². The fourth-order valence-corrected chi connectivity index (χ4v) is 5.84. The van der Waals surface area contributed by atoms with Gasteiger partial charge in [0, 0.05) is 2.97 Å². The van der Waals surface area contributed by atoms with Gasteiger partial charge in [0.25, 0.3) is 0 Å². The summed E-state index contributed by atoms with van der Waals surface area (Å²) in [5, 5.41) is 12.5. The van der Waals surface area contributed by atoms with Crippen LogP contribution in [0.2, 0.25) is 0 Å². The second-order valence-electron chi connectivity index (χ2n) is 12.4. The van der Waals surface area contributed by atoms with Crippen LogP contribution >= 0.6 is 0 Å². The molecule has 2 aromatic carbocycles.